The van der Waals surface area contributed by atoms with Crippen molar-refractivity contribution in [1.29, 1.82) is 0 Å². The van der Waals surface area contributed by atoms with Crippen molar-refractivity contribution in [2.24, 2.45) is 10.9 Å². The minimum Gasteiger partial charge on any atom is -0.365 e. The van der Waals surface area contributed by atoms with Crippen molar-refractivity contribution in [2.75, 3.05) is 19.6 Å². The van der Waals surface area contributed by atoms with E-state index in [0.29, 0.717) is 6.54 Å². The lowest BCUT2D eigenvalue weighted by Gasteiger charge is -2.41. The fourth-order valence-electron chi connectivity index (χ4n) is 4.63. The quantitative estimate of drug-likeness (QED) is 0.352. The van der Waals surface area contributed by atoms with E-state index in [-0.39, 0.29) is 0 Å². The van der Waals surface area contributed by atoms with Crippen LogP contribution in [0.5, 0.6) is 0 Å². The maximum Gasteiger partial charge on any atom is 0.153 e. The first-order valence-electron chi connectivity index (χ1n) is 10.7. The second kappa shape index (κ2) is 11.3. The van der Waals surface area contributed by atoms with Crippen LogP contribution in [0.3, 0.4) is 0 Å². The monoisotopic (exact) mass is 407 g/mol. The number of hydrogen-bond donors (Lipinski definition) is 2. The average molecular weight is 408 g/mol. The first kappa shape index (κ1) is 21.0. The molecule has 1 aromatic rings. The predicted octanol–water partition coefficient (Wildman–Crippen LogP) is 5.54. The largest absolute Gasteiger partial charge is 0.365 e. The van der Waals surface area contributed by atoms with Crippen molar-refractivity contribution in [1.82, 2.24) is 10.2 Å². The third kappa shape index (κ3) is 6.99. The molecule has 27 heavy (non-hydrogen) atoms. The molecule has 3 nitrogen and oxygen atoms in total. The molecule has 1 N–H and O–H groups in total. The SMILES string of the molecule is SC(=NCc1ccc(Cl)cc1)NCCC(C1CCCCC1)N1CCCCC1. The first-order valence-corrected chi connectivity index (χ1v) is 11.5. The van der Waals surface area contributed by atoms with Gasteiger partial charge in [0.15, 0.2) is 5.17 Å². The number of nitrogens with zero attached hydrogens (tertiary/aromatic N) is 2. The summed E-state index contributed by atoms with van der Waals surface area (Å²) in [5.74, 6) is 0.882. The van der Waals surface area contributed by atoms with Crippen LogP contribution in [-0.2, 0) is 6.54 Å². The molecular formula is C22H34ClN3S. The molecule has 1 aliphatic carbocycles. The number of halogens is 1. The van der Waals surface area contributed by atoms with Crippen LogP contribution in [0.4, 0.5) is 0 Å². The Morgan fingerprint density at radius 3 is 2.44 bits per heavy atom. The molecule has 1 aliphatic heterocycles. The van der Waals surface area contributed by atoms with E-state index in [1.807, 2.05) is 24.3 Å². The zero-order valence-electron chi connectivity index (χ0n) is 16.4. The summed E-state index contributed by atoms with van der Waals surface area (Å²) in [4.78, 5) is 7.34. The normalized spacial score (nSPS) is 21.2. The van der Waals surface area contributed by atoms with Crippen molar-refractivity contribution < 1.29 is 0 Å². The van der Waals surface area contributed by atoms with Gasteiger partial charge < -0.3 is 10.2 Å². The van der Waals surface area contributed by atoms with Crippen molar-refractivity contribution in [2.45, 2.75) is 70.4 Å². The minimum absolute atomic E-state index is 0.640. The minimum atomic E-state index is 0.640. The van der Waals surface area contributed by atoms with E-state index < -0.39 is 0 Å². The van der Waals surface area contributed by atoms with Gasteiger partial charge in [0.1, 0.15) is 0 Å². The van der Waals surface area contributed by atoms with Gasteiger partial charge in [-0.15, -0.1) is 12.6 Å². The van der Waals surface area contributed by atoms with Crippen molar-refractivity contribution >= 4 is 29.4 Å². The molecule has 0 radical (unpaired) electrons. The highest BCUT2D eigenvalue weighted by Gasteiger charge is 2.29. The molecule has 5 heteroatoms. The van der Waals surface area contributed by atoms with Gasteiger partial charge in [0.2, 0.25) is 0 Å². The van der Waals surface area contributed by atoms with Gasteiger partial charge in [-0.1, -0.05) is 49.4 Å². The molecule has 1 heterocycles. The Bertz CT molecular complexity index is 560. The van der Waals surface area contributed by atoms with Crippen molar-refractivity contribution in [3.05, 3.63) is 34.9 Å². The number of nitrogens with one attached hydrogen (secondary N) is 1. The van der Waals surface area contributed by atoms with E-state index in [1.165, 1.54) is 70.9 Å². The van der Waals surface area contributed by atoms with E-state index in [2.05, 4.69) is 27.8 Å². The number of aliphatic imine (C=N–C) groups is 1. The molecule has 1 aromatic carbocycles. The summed E-state index contributed by atoms with van der Waals surface area (Å²) in [6.45, 7) is 4.18. The molecule has 1 unspecified atom stereocenters. The zero-order chi connectivity index (χ0) is 18.9. The molecule has 2 fully saturated rings. The summed E-state index contributed by atoms with van der Waals surface area (Å²) >= 11 is 10.5. The van der Waals surface area contributed by atoms with Crippen LogP contribution in [0.25, 0.3) is 0 Å². The van der Waals surface area contributed by atoms with E-state index >= 15 is 0 Å². The zero-order valence-corrected chi connectivity index (χ0v) is 18.0. The lowest BCUT2D eigenvalue weighted by Crippen LogP contribution is -2.45. The van der Waals surface area contributed by atoms with Gasteiger partial charge in [-0.25, -0.2) is 0 Å². The summed E-state index contributed by atoms with van der Waals surface area (Å²) in [5.41, 5.74) is 1.15. The molecular weight excluding hydrogens is 374 g/mol. The van der Waals surface area contributed by atoms with Gasteiger partial charge in [0, 0.05) is 17.6 Å². The highest BCUT2D eigenvalue weighted by molar-refractivity contribution is 7.96. The summed E-state index contributed by atoms with van der Waals surface area (Å²) in [6, 6.07) is 8.58. The Balaban J connectivity index is 1.48. The standard InChI is InChI=1S/C22H34ClN3S/c23-20-11-9-18(10-12-20)17-25-22(27)24-14-13-21(19-7-3-1-4-8-19)26-15-5-2-6-16-26/h9-12,19,21H,1-8,13-17H2,(H2,24,25,27). The predicted molar refractivity (Wildman–Crippen MR) is 120 cm³/mol. The van der Waals surface area contributed by atoms with Crippen LogP contribution < -0.4 is 5.32 Å². The van der Waals surface area contributed by atoms with Gasteiger partial charge in [-0.05, 0) is 68.8 Å². The number of rotatable bonds is 7. The van der Waals surface area contributed by atoms with Crippen LogP contribution >= 0.6 is 24.2 Å². The van der Waals surface area contributed by atoms with E-state index in [4.69, 9.17) is 11.6 Å². The summed E-state index contributed by atoms with van der Waals surface area (Å²) < 4.78 is 0. The second-order valence-electron chi connectivity index (χ2n) is 8.04. The molecule has 1 saturated carbocycles. The van der Waals surface area contributed by atoms with Gasteiger partial charge in [-0.3, -0.25) is 4.99 Å². The fraction of sp³-hybridized carbons (Fsp3) is 0.682. The van der Waals surface area contributed by atoms with Crippen LogP contribution in [0.1, 0.15) is 63.4 Å². The van der Waals surface area contributed by atoms with Gasteiger partial charge in [0.25, 0.3) is 0 Å². The summed E-state index contributed by atoms with van der Waals surface area (Å²) in [7, 11) is 0. The number of amidine groups is 1. The van der Waals surface area contributed by atoms with E-state index in [9.17, 15) is 0 Å². The molecule has 1 atom stereocenters. The van der Waals surface area contributed by atoms with Crippen LogP contribution in [0.15, 0.2) is 29.3 Å². The summed E-state index contributed by atoms with van der Waals surface area (Å²) in [6.07, 6.45) is 12.5. The molecule has 0 bridgehead atoms. The number of likely N-dealkylation sites (tertiary alicyclic amines) is 1. The number of piperidine rings is 1. The average Bonchev–Trinajstić information content (AvgIpc) is 2.72. The Labute approximate surface area is 175 Å². The third-order valence-corrected chi connectivity index (χ3v) is 6.65. The van der Waals surface area contributed by atoms with Gasteiger partial charge in [0.05, 0.1) is 6.54 Å². The van der Waals surface area contributed by atoms with Crippen LogP contribution in [0.2, 0.25) is 5.02 Å². The maximum absolute atomic E-state index is 5.93. The molecule has 2 aliphatic rings. The Hall–Kier alpha value is -0.710. The fourth-order valence-corrected chi connectivity index (χ4v) is 4.94. The van der Waals surface area contributed by atoms with E-state index in [1.54, 1.807) is 0 Å². The highest BCUT2D eigenvalue weighted by Crippen LogP contribution is 2.31. The molecule has 0 amide bonds. The van der Waals surface area contributed by atoms with E-state index in [0.717, 1.165) is 34.3 Å². The lowest BCUT2D eigenvalue weighted by molar-refractivity contribution is 0.0911. The molecule has 1 saturated heterocycles. The van der Waals surface area contributed by atoms with Gasteiger partial charge in [-0.2, -0.15) is 0 Å². The van der Waals surface area contributed by atoms with Crippen LogP contribution in [0, 0.1) is 5.92 Å². The Morgan fingerprint density at radius 2 is 1.74 bits per heavy atom. The smallest absolute Gasteiger partial charge is 0.153 e. The second-order valence-corrected chi connectivity index (χ2v) is 8.90. The summed E-state index contributed by atoms with van der Waals surface area (Å²) in [5, 5.41) is 4.94. The molecule has 150 valence electrons. The van der Waals surface area contributed by atoms with Gasteiger partial charge >= 0.3 is 0 Å². The lowest BCUT2D eigenvalue weighted by atomic mass is 9.81. The third-order valence-electron chi connectivity index (χ3n) is 6.10. The topological polar surface area (TPSA) is 27.6 Å². The number of thiol groups is 1. The Kier molecular flexibility index (Phi) is 8.82. The maximum atomic E-state index is 5.93. The number of hydrogen-bond acceptors (Lipinski definition) is 2. The molecule has 0 aromatic heterocycles. The Morgan fingerprint density at radius 1 is 1.07 bits per heavy atom. The highest BCUT2D eigenvalue weighted by atomic mass is 35.5. The molecule has 0 spiro atoms. The van der Waals surface area contributed by atoms with Crippen molar-refractivity contribution in [3.63, 3.8) is 0 Å². The van der Waals surface area contributed by atoms with Crippen molar-refractivity contribution in [3.8, 4) is 0 Å². The van der Waals surface area contributed by atoms with Crippen LogP contribution in [-0.4, -0.2) is 35.7 Å². The number of benzene rings is 1. The first-order chi connectivity index (χ1) is 13.2. The molecule has 3 rings (SSSR count).